The van der Waals surface area contributed by atoms with Gasteiger partial charge in [0.25, 0.3) is 0 Å². The lowest BCUT2D eigenvalue weighted by molar-refractivity contribution is 0.481. The Labute approximate surface area is 75.4 Å². The zero-order valence-electron chi connectivity index (χ0n) is 7.12. The molecular formula is C10H10N2O. The van der Waals surface area contributed by atoms with Crippen molar-refractivity contribution in [3.63, 3.8) is 0 Å². The third-order valence-corrected chi connectivity index (χ3v) is 2.57. The third-order valence-electron chi connectivity index (χ3n) is 2.57. The fourth-order valence-electron chi connectivity index (χ4n) is 1.74. The number of nitrogens with one attached hydrogen (secondary N) is 1. The SMILES string of the molecule is Oc1cccc2n[nH]c(C3CC3)c12. The average molecular weight is 174 g/mol. The molecular weight excluding hydrogens is 164 g/mol. The highest BCUT2D eigenvalue weighted by atomic mass is 16.3. The van der Waals surface area contributed by atoms with E-state index < -0.39 is 0 Å². The van der Waals surface area contributed by atoms with Crippen molar-refractivity contribution in [1.29, 1.82) is 0 Å². The number of nitrogens with zero attached hydrogens (tertiary/aromatic N) is 1. The maximum absolute atomic E-state index is 9.66. The molecule has 0 radical (unpaired) electrons. The van der Waals surface area contributed by atoms with E-state index in [-0.39, 0.29) is 0 Å². The quantitative estimate of drug-likeness (QED) is 0.695. The molecule has 2 aromatic rings. The van der Waals surface area contributed by atoms with Crippen LogP contribution in [0.1, 0.15) is 24.5 Å². The molecule has 1 aliphatic rings. The molecule has 2 N–H and O–H groups in total. The number of hydrogen-bond donors (Lipinski definition) is 2. The summed E-state index contributed by atoms with van der Waals surface area (Å²) in [5, 5.41) is 17.7. The molecule has 3 rings (SSSR count). The normalized spacial score (nSPS) is 16.6. The van der Waals surface area contributed by atoms with Crippen molar-refractivity contribution >= 4 is 10.9 Å². The zero-order valence-corrected chi connectivity index (χ0v) is 7.12. The van der Waals surface area contributed by atoms with Gasteiger partial charge in [-0.1, -0.05) is 6.07 Å². The summed E-state index contributed by atoms with van der Waals surface area (Å²) >= 11 is 0. The average Bonchev–Trinajstić information content (AvgIpc) is 2.87. The van der Waals surface area contributed by atoms with Crippen LogP contribution < -0.4 is 0 Å². The summed E-state index contributed by atoms with van der Waals surface area (Å²) < 4.78 is 0. The van der Waals surface area contributed by atoms with Gasteiger partial charge in [-0.05, 0) is 25.0 Å². The molecule has 66 valence electrons. The van der Waals surface area contributed by atoms with Crippen LogP contribution in [0.25, 0.3) is 10.9 Å². The van der Waals surface area contributed by atoms with Crippen molar-refractivity contribution in [2.75, 3.05) is 0 Å². The molecule has 1 heterocycles. The Kier molecular flexibility index (Phi) is 1.20. The van der Waals surface area contributed by atoms with Crippen molar-refractivity contribution in [2.24, 2.45) is 0 Å². The predicted octanol–water partition coefficient (Wildman–Crippen LogP) is 2.15. The van der Waals surface area contributed by atoms with Crippen LogP contribution in [0.15, 0.2) is 18.2 Å². The second kappa shape index (κ2) is 2.25. The highest BCUT2D eigenvalue weighted by molar-refractivity contribution is 5.88. The third kappa shape index (κ3) is 0.932. The van der Waals surface area contributed by atoms with E-state index in [4.69, 9.17) is 0 Å². The Balaban J connectivity index is 2.34. The Hall–Kier alpha value is -1.51. The van der Waals surface area contributed by atoms with Gasteiger partial charge in [0.15, 0.2) is 0 Å². The van der Waals surface area contributed by atoms with Crippen molar-refractivity contribution in [3.05, 3.63) is 23.9 Å². The van der Waals surface area contributed by atoms with E-state index in [9.17, 15) is 5.11 Å². The van der Waals surface area contributed by atoms with E-state index in [2.05, 4.69) is 10.2 Å². The van der Waals surface area contributed by atoms with Gasteiger partial charge >= 0.3 is 0 Å². The fraction of sp³-hybridized carbons (Fsp3) is 0.300. The van der Waals surface area contributed by atoms with Crippen LogP contribution in [0.3, 0.4) is 0 Å². The Morgan fingerprint density at radius 2 is 2.23 bits per heavy atom. The van der Waals surface area contributed by atoms with Gasteiger partial charge in [0, 0.05) is 11.6 Å². The summed E-state index contributed by atoms with van der Waals surface area (Å²) in [7, 11) is 0. The second-order valence-corrected chi connectivity index (χ2v) is 3.58. The molecule has 0 bridgehead atoms. The van der Waals surface area contributed by atoms with Crippen LogP contribution in [0, 0.1) is 0 Å². The minimum atomic E-state index is 0.341. The minimum absolute atomic E-state index is 0.341. The summed E-state index contributed by atoms with van der Waals surface area (Å²) in [5.74, 6) is 0.937. The van der Waals surface area contributed by atoms with Gasteiger partial charge < -0.3 is 5.11 Å². The lowest BCUT2D eigenvalue weighted by Gasteiger charge is -1.96. The van der Waals surface area contributed by atoms with Gasteiger partial charge in [0.2, 0.25) is 0 Å². The summed E-state index contributed by atoms with van der Waals surface area (Å²) in [6.45, 7) is 0. The number of hydrogen-bond acceptors (Lipinski definition) is 2. The number of phenolic OH excluding ortho intramolecular Hbond substituents is 1. The van der Waals surface area contributed by atoms with E-state index in [0.717, 1.165) is 16.6 Å². The topological polar surface area (TPSA) is 48.9 Å². The standard InChI is InChI=1S/C10H10N2O/c13-8-3-1-2-7-9(8)10(12-11-7)6-4-5-6/h1-3,6,13H,4-5H2,(H,11,12). The first kappa shape index (κ1) is 6.95. The molecule has 1 saturated carbocycles. The molecule has 0 spiro atoms. The molecule has 1 aliphatic carbocycles. The first-order valence-electron chi connectivity index (χ1n) is 4.52. The van der Waals surface area contributed by atoms with Gasteiger partial charge in [-0.2, -0.15) is 5.10 Å². The summed E-state index contributed by atoms with van der Waals surface area (Å²) in [5.41, 5.74) is 1.97. The number of fused-ring (bicyclic) bond motifs is 1. The first-order chi connectivity index (χ1) is 6.36. The molecule has 0 unspecified atom stereocenters. The van der Waals surface area contributed by atoms with Crippen LogP contribution in [0.5, 0.6) is 5.75 Å². The summed E-state index contributed by atoms with van der Waals surface area (Å²) in [6, 6.07) is 5.44. The highest BCUT2D eigenvalue weighted by Gasteiger charge is 2.28. The maximum Gasteiger partial charge on any atom is 0.126 e. The Bertz CT molecular complexity index is 457. The lowest BCUT2D eigenvalue weighted by atomic mass is 10.1. The van der Waals surface area contributed by atoms with Crippen molar-refractivity contribution < 1.29 is 5.11 Å². The smallest absolute Gasteiger partial charge is 0.126 e. The summed E-state index contributed by atoms with van der Waals surface area (Å²) in [4.78, 5) is 0. The van der Waals surface area contributed by atoms with Crippen LogP contribution in [-0.2, 0) is 0 Å². The number of aromatic hydroxyl groups is 1. The first-order valence-corrected chi connectivity index (χ1v) is 4.52. The number of benzene rings is 1. The Morgan fingerprint density at radius 1 is 1.38 bits per heavy atom. The number of H-pyrrole nitrogens is 1. The van der Waals surface area contributed by atoms with Crippen LogP contribution in [-0.4, -0.2) is 15.3 Å². The van der Waals surface area contributed by atoms with Gasteiger partial charge in [-0.25, -0.2) is 0 Å². The molecule has 1 aromatic carbocycles. The van der Waals surface area contributed by atoms with E-state index >= 15 is 0 Å². The van der Waals surface area contributed by atoms with Crippen LogP contribution in [0.4, 0.5) is 0 Å². The molecule has 3 heteroatoms. The molecule has 1 fully saturated rings. The fourth-order valence-corrected chi connectivity index (χ4v) is 1.74. The van der Waals surface area contributed by atoms with Gasteiger partial charge in [0.05, 0.1) is 10.9 Å². The molecule has 1 aromatic heterocycles. The van der Waals surface area contributed by atoms with E-state index in [1.165, 1.54) is 12.8 Å². The number of rotatable bonds is 1. The van der Waals surface area contributed by atoms with E-state index in [1.54, 1.807) is 6.07 Å². The number of aromatic nitrogens is 2. The van der Waals surface area contributed by atoms with Gasteiger partial charge in [-0.15, -0.1) is 0 Å². The maximum atomic E-state index is 9.66. The van der Waals surface area contributed by atoms with Gasteiger partial charge in [0.1, 0.15) is 5.75 Å². The molecule has 0 amide bonds. The second-order valence-electron chi connectivity index (χ2n) is 3.58. The summed E-state index contributed by atoms with van der Waals surface area (Å²) in [6.07, 6.45) is 2.43. The Morgan fingerprint density at radius 3 is 3.00 bits per heavy atom. The minimum Gasteiger partial charge on any atom is -0.507 e. The highest BCUT2D eigenvalue weighted by Crippen LogP contribution is 2.43. The van der Waals surface area contributed by atoms with Crippen molar-refractivity contribution in [1.82, 2.24) is 10.2 Å². The number of phenols is 1. The monoisotopic (exact) mass is 174 g/mol. The largest absolute Gasteiger partial charge is 0.507 e. The predicted molar refractivity (Wildman–Crippen MR) is 49.7 cm³/mol. The number of aromatic amines is 1. The molecule has 0 saturated heterocycles. The molecule has 0 atom stereocenters. The zero-order chi connectivity index (χ0) is 8.84. The van der Waals surface area contributed by atoms with Crippen LogP contribution >= 0.6 is 0 Å². The molecule has 3 nitrogen and oxygen atoms in total. The van der Waals surface area contributed by atoms with Crippen molar-refractivity contribution in [2.45, 2.75) is 18.8 Å². The lowest BCUT2D eigenvalue weighted by Crippen LogP contribution is -1.79. The van der Waals surface area contributed by atoms with E-state index in [1.807, 2.05) is 12.1 Å². The molecule has 13 heavy (non-hydrogen) atoms. The van der Waals surface area contributed by atoms with Crippen LogP contribution in [0.2, 0.25) is 0 Å². The van der Waals surface area contributed by atoms with Gasteiger partial charge in [-0.3, -0.25) is 5.10 Å². The molecule has 0 aliphatic heterocycles. The van der Waals surface area contributed by atoms with E-state index in [0.29, 0.717) is 11.7 Å². The van der Waals surface area contributed by atoms with Crippen molar-refractivity contribution in [3.8, 4) is 5.75 Å².